The van der Waals surface area contributed by atoms with Gasteiger partial charge in [-0.3, -0.25) is 4.21 Å². The van der Waals surface area contributed by atoms with Crippen molar-refractivity contribution in [2.24, 2.45) is 0 Å². The molecule has 11 heteroatoms. The summed E-state index contributed by atoms with van der Waals surface area (Å²) in [5, 5.41) is 11.5. The van der Waals surface area contributed by atoms with Crippen molar-refractivity contribution in [1.82, 2.24) is 25.5 Å². The third-order valence-corrected chi connectivity index (χ3v) is 7.17. The average molecular weight is 515 g/mol. The summed E-state index contributed by atoms with van der Waals surface area (Å²) in [6, 6.07) is 12.7. The summed E-state index contributed by atoms with van der Waals surface area (Å²) in [6.07, 6.45) is 1.52. The molecule has 0 saturated carbocycles. The summed E-state index contributed by atoms with van der Waals surface area (Å²) < 4.78 is 30.5. The second-order valence-corrected chi connectivity index (χ2v) is 10.3. The molecule has 8 nitrogen and oxygen atoms in total. The summed E-state index contributed by atoms with van der Waals surface area (Å²) >= 11 is 6.40. The molecular weight excluding hydrogens is 491 g/mol. The van der Waals surface area contributed by atoms with Gasteiger partial charge in [0, 0.05) is 29.5 Å². The number of nitrogens with one attached hydrogen (secondary N) is 1. The van der Waals surface area contributed by atoms with Crippen LogP contribution in [0, 0.1) is 0 Å². The number of hydrogen-bond acceptors (Lipinski definition) is 8. The Morgan fingerprint density at radius 3 is 2.51 bits per heavy atom. The van der Waals surface area contributed by atoms with E-state index in [9.17, 15) is 8.60 Å². The number of rotatable bonds is 9. The first-order chi connectivity index (χ1) is 16.9. The molecule has 4 rings (SSSR count). The minimum atomic E-state index is -1.21. The Kier molecular flexibility index (Phi) is 7.84. The molecule has 0 radical (unpaired) electrons. The molecule has 0 fully saturated rings. The van der Waals surface area contributed by atoms with Crippen LogP contribution in [0.5, 0.6) is 0 Å². The SMILES string of the molecule is CC(C)S(=O)c1ccc(-c2cnc(N)c(-c3nnc(-c4ccc(CNCCF)cc4)o3)n2)cc1Cl. The zero-order valence-electron chi connectivity index (χ0n) is 19.2. The summed E-state index contributed by atoms with van der Waals surface area (Å²) in [4.78, 5) is 9.37. The zero-order valence-corrected chi connectivity index (χ0v) is 20.7. The predicted octanol–water partition coefficient (Wildman–Crippen LogP) is 4.67. The third-order valence-electron chi connectivity index (χ3n) is 5.10. The minimum absolute atomic E-state index is 0.0535. The van der Waals surface area contributed by atoms with Gasteiger partial charge < -0.3 is 15.5 Å². The minimum Gasteiger partial charge on any atom is -0.414 e. The largest absolute Gasteiger partial charge is 0.414 e. The van der Waals surface area contributed by atoms with Crippen molar-refractivity contribution < 1.29 is 13.0 Å². The van der Waals surface area contributed by atoms with Gasteiger partial charge in [-0.05, 0) is 29.8 Å². The lowest BCUT2D eigenvalue weighted by molar-refractivity contribution is 0.467. The van der Waals surface area contributed by atoms with E-state index in [-0.39, 0.29) is 22.7 Å². The number of benzene rings is 2. The van der Waals surface area contributed by atoms with Crippen molar-refractivity contribution in [1.29, 1.82) is 0 Å². The predicted molar refractivity (Wildman–Crippen MR) is 135 cm³/mol. The molecule has 4 aromatic rings. The number of alkyl halides is 1. The monoisotopic (exact) mass is 514 g/mol. The van der Waals surface area contributed by atoms with E-state index in [1.807, 2.05) is 38.1 Å². The lowest BCUT2D eigenvalue weighted by Gasteiger charge is -2.10. The van der Waals surface area contributed by atoms with E-state index in [0.717, 1.165) is 11.1 Å². The number of anilines is 1. The van der Waals surface area contributed by atoms with Crippen LogP contribution >= 0.6 is 11.6 Å². The highest BCUT2D eigenvalue weighted by atomic mass is 35.5. The highest BCUT2D eigenvalue weighted by Crippen LogP contribution is 2.31. The van der Waals surface area contributed by atoms with Gasteiger partial charge in [0.1, 0.15) is 6.67 Å². The van der Waals surface area contributed by atoms with Gasteiger partial charge in [0.15, 0.2) is 11.5 Å². The molecule has 2 aromatic heterocycles. The normalized spacial score (nSPS) is 12.3. The Balaban J connectivity index is 1.58. The average Bonchev–Trinajstić information content (AvgIpc) is 3.34. The van der Waals surface area contributed by atoms with Crippen LogP contribution in [0.2, 0.25) is 5.02 Å². The second kappa shape index (κ2) is 11.0. The highest BCUT2D eigenvalue weighted by molar-refractivity contribution is 7.85. The molecule has 0 amide bonds. The van der Waals surface area contributed by atoms with Crippen molar-refractivity contribution in [3.63, 3.8) is 0 Å². The van der Waals surface area contributed by atoms with Gasteiger partial charge in [0.05, 0.1) is 32.6 Å². The molecule has 1 unspecified atom stereocenters. The first-order valence-corrected chi connectivity index (χ1v) is 12.5. The van der Waals surface area contributed by atoms with Gasteiger partial charge >= 0.3 is 0 Å². The zero-order chi connectivity index (χ0) is 24.9. The molecular formula is C24H24ClFN6O2S. The molecule has 0 aliphatic carbocycles. The topological polar surface area (TPSA) is 120 Å². The number of hydrogen-bond donors (Lipinski definition) is 2. The van der Waals surface area contributed by atoms with Gasteiger partial charge in [-0.2, -0.15) is 0 Å². The van der Waals surface area contributed by atoms with Gasteiger partial charge in [-0.1, -0.05) is 43.6 Å². The quantitative estimate of drug-likeness (QED) is 0.309. The molecule has 182 valence electrons. The number of aromatic nitrogens is 4. The Bertz CT molecular complexity index is 1350. The van der Waals surface area contributed by atoms with E-state index < -0.39 is 17.5 Å². The van der Waals surface area contributed by atoms with Crippen LogP contribution in [-0.4, -0.2) is 42.8 Å². The lowest BCUT2D eigenvalue weighted by Crippen LogP contribution is -2.15. The highest BCUT2D eigenvalue weighted by Gasteiger charge is 2.18. The van der Waals surface area contributed by atoms with Crippen molar-refractivity contribution in [3.8, 4) is 34.3 Å². The molecule has 0 aliphatic heterocycles. The lowest BCUT2D eigenvalue weighted by atomic mass is 10.1. The van der Waals surface area contributed by atoms with Crippen molar-refractivity contribution >= 4 is 28.2 Å². The Hall–Kier alpha value is -3.21. The van der Waals surface area contributed by atoms with Crippen molar-refractivity contribution in [2.75, 3.05) is 19.0 Å². The van der Waals surface area contributed by atoms with E-state index in [4.69, 9.17) is 21.8 Å². The van der Waals surface area contributed by atoms with Crippen molar-refractivity contribution in [3.05, 3.63) is 59.2 Å². The maximum absolute atomic E-state index is 12.4. The van der Waals surface area contributed by atoms with E-state index in [0.29, 0.717) is 40.2 Å². The van der Waals surface area contributed by atoms with Gasteiger partial charge in [0.25, 0.3) is 5.89 Å². The summed E-state index contributed by atoms with van der Waals surface area (Å²) in [7, 11) is -1.21. The molecule has 0 aliphatic rings. The van der Waals surface area contributed by atoms with Crippen LogP contribution in [0.3, 0.4) is 0 Å². The first kappa shape index (κ1) is 24.9. The number of nitrogen functional groups attached to an aromatic ring is 1. The molecule has 2 heterocycles. The Morgan fingerprint density at radius 2 is 1.83 bits per heavy atom. The molecule has 35 heavy (non-hydrogen) atoms. The molecule has 1 atom stereocenters. The van der Waals surface area contributed by atoms with Crippen LogP contribution in [0.4, 0.5) is 10.2 Å². The van der Waals surface area contributed by atoms with Crippen LogP contribution < -0.4 is 11.1 Å². The number of halogens is 2. The summed E-state index contributed by atoms with van der Waals surface area (Å²) in [5.74, 6) is 0.574. The van der Waals surface area contributed by atoms with Crippen LogP contribution in [-0.2, 0) is 17.3 Å². The van der Waals surface area contributed by atoms with Crippen LogP contribution in [0.15, 0.2) is 58.0 Å². The van der Waals surface area contributed by atoms with Crippen molar-refractivity contribution in [2.45, 2.75) is 30.5 Å². The molecule has 3 N–H and O–H groups in total. The Labute approximate surface area is 209 Å². The van der Waals surface area contributed by atoms with E-state index in [1.54, 1.807) is 18.2 Å². The molecule has 2 aromatic carbocycles. The number of nitrogens with two attached hydrogens (primary N) is 1. The van der Waals surface area contributed by atoms with E-state index in [1.165, 1.54) is 6.20 Å². The smallest absolute Gasteiger partial charge is 0.270 e. The maximum Gasteiger partial charge on any atom is 0.270 e. The van der Waals surface area contributed by atoms with Gasteiger partial charge in [-0.15, -0.1) is 10.2 Å². The molecule has 0 spiro atoms. The van der Waals surface area contributed by atoms with Gasteiger partial charge in [0.2, 0.25) is 5.89 Å². The van der Waals surface area contributed by atoms with Crippen LogP contribution in [0.1, 0.15) is 19.4 Å². The van der Waals surface area contributed by atoms with E-state index >= 15 is 0 Å². The first-order valence-electron chi connectivity index (χ1n) is 10.9. The molecule has 0 bridgehead atoms. The summed E-state index contributed by atoms with van der Waals surface area (Å²) in [6.45, 7) is 4.21. The Morgan fingerprint density at radius 1 is 1.11 bits per heavy atom. The third kappa shape index (κ3) is 5.72. The fraction of sp³-hybridized carbons (Fsp3) is 0.250. The summed E-state index contributed by atoms with van der Waals surface area (Å²) in [5.41, 5.74) is 9.22. The van der Waals surface area contributed by atoms with Gasteiger partial charge in [-0.25, -0.2) is 14.4 Å². The second-order valence-electron chi connectivity index (χ2n) is 7.96. The molecule has 0 saturated heterocycles. The fourth-order valence-corrected chi connectivity index (χ4v) is 4.64. The van der Waals surface area contributed by atoms with Crippen LogP contribution in [0.25, 0.3) is 34.3 Å². The van der Waals surface area contributed by atoms with E-state index in [2.05, 4.69) is 25.5 Å². The maximum atomic E-state index is 12.4. The fourth-order valence-electron chi connectivity index (χ4n) is 3.27. The standard InChI is InChI=1S/C24H24ClFN6O2S/c1-14(2)35(33)20-8-7-17(11-18(20)25)19-13-29-22(27)21(30-19)24-32-31-23(34-24)16-5-3-15(4-6-16)12-28-10-9-26/h3-8,11,13-14,28H,9-10,12H2,1-2H3,(H2,27,29). The number of nitrogens with zero attached hydrogens (tertiary/aromatic N) is 4.